The van der Waals surface area contributed by atoms with E-state index in [0.717, 1.165) is 6.54 Å². The fourth-order valence-corrected chi connectivity index (χ4v) is 2.66. The molecule has 2 atom stereocenters. The highest BCUT2D eigenvalue weighted by molar-refractivity contribution is 5.00. The minimum absolute atomic E-state index is 0.487. The molecule has 4 nitrogen and oxygen atoms in total. The molecule has 2 rings (SSSR count). The van der Waals surface area contributed by atoms with Crippen LogP contribution in [-0.4, -0.2) is 40.1 Å². The summed E-state index contributed by atoms with van der Waals surface area (Å²) in [6, 6.07) is 1.82. The Hall–Kier alpha value is -0.870. The molecular weight excluding hydrogens is 224 g/mol. The van der Waals surface area contributed by atoms with Gasteiger partial charge in [-0.2, -0.15) is 0 Å². The molecule has 0 aromatic carbocycles. The number of imidazole rings is 1. The first-order valence-electron chi connectivity index (χ1n) is 7.02. The van der Waals surface area contributed by atoms with Crippen LogP contribution < -0.4 is 5.32 Å². The number of hydrogen-bond acceptors (Lipinski definition) is 3. The zero-order valence-corrected chi connectivity index (χ0v) is 12.1. The quantitative estimate of drug-likeness (QED) is 0.887. The molecule has 102 valence electrons. The van der Waals surface area contributed by atoms with Gasteiger partial charge in [0.15, 0.2) is 0 Å². The number of nitrogens with zero attached hydrogens (tertiary/aromatic N) is 3. The maximum atomic E-state index is 4.25. The van der Waals surface area contributed by atoms with Crippen molar-refractivity contribution in [2.75, 3.05) is 13.6 Å². The molecule has 1 N–H and O–H groups in total. The van der Waals surface area contributed by atoms with Crippen molar-refractivity contribution in [3.05, 3.63) is 18.2 Å². The summed E-state index contributed by atoms with van der Waals surface area (Å²) in [4.78, 5) is 6.69. The molecule has 2 heterocycles. The second kappa shape index (κ2) is 5.85. The summed E-state index contributed by atoms with van der Waals surface area (Å²) in [5, 5.41) is 3.68. The molecule has 2 unspecified atom stereocenters. The van der Waals surface area contributed by atoms with Crippen LogP contribution in [0.25, 0.3) is 0 Å². The van der Waals surface area contributed by atoms with Gasteiger partial charge in [0.25, 0.3) is 0 Å². The van der Waals surface area contributed by atoms with Crippen molar-refractivity contribution in [3.8, 4) is 0 Å². The Morgan fingerprint density at radius 2 is 2.28 bits per heavy atom. The van der Waals surface area contributed by atoms with Gasteiger partial charge < -0.3 is 14.8 Å². The molecule has 1 aromatic rings. The molecule has 1 aliphatic rings. The van der Waals surface area contributed by atoms with E-state index in [1.54, 1.807) is 0 Å². The lowest BCUT2D eigenvalue weighted by Crippen LogP contribution is -2.45. The van der Waals surface area contributed by atoms with Crippen LogP contribution in [0.1, 0.15) is 45.3 Å². The largest absolute Gasteiger partial charge is 0.331 e. The van der Waals surface area contributed by atoms with Gasteiger partial charge in [0.05, 0.1) is 12.0 Å². The first-order chi connectivity index (χ1) is 8.58. The molecule has 0 radical (unpaired) electrons. The summed E-state index contributed by atoms with van der Waals surface area (Å²) >= 11 is 0. The summed E-state index contributed by atoms with van der Waals surface area (Å²) < 4.78 is 2.24. The van der Waals surface area contributed by atoms with E-state index in [-0.39, 0.29) is 0 Å². The van der Waals surface area contributed by atoms with Crippen molar-refractivity contribution in [2.45, 2.75) is 58.3 Å². The van der Waals surface area contributed by atoms with E-state index in [0.29, 0.717) is 18.1 Å². The lowest BCUT2D eigenvalue weighted by Gasteiger charge is -2.35. The molecule has 18 heavy (non-hydrogen) atoms. The summed E-state index contributed by atoms with van der Waals surface area (Å²) in [7, 11) is 2.22. The summed E-state index contributed by atoms with van der Waals surface area (Å²) in [6.45, 7) is 8.83. The number of likely N-dealkylation sites (tertiary alicyclic amines) is 1. The van der Waals surface area contributed by atoms with E-state index in [2.05, 4.69) is 47.6 Å². The highest BCUT2D eigenvalue weighted by Crippen LogP contribution is 2.16. The third-order valence-electron chi connectivity index (χ3n) is 4.08. The Balaban J connectivity index is 1.86. The molecule has 1 saturated heterocycles. The normalized spacial score (nSPS) is 25.8. The third kappa shape index (κ3) is 3.12. The van der Waals surface area contributed by atoms with Gasteiger partial charge in [0.2, 0.25) is 0 Å². The van der Waals surface area contributed by atoms with Crippen LogP contribution in [0, 0.1) is 0 Å². The van der Waals surface area contributed by atoms with E-state index < -0.39 is 0 Å². The minimum Gasteiger partial charge on any atom is -0.331 e. The van der Waals surface area contributed by atoms with Gasteiger partial charge in [-0.05, 0) is 47.2 Å². The molecule has 1 aliphatic heterocycles. The number of rotatable bonds is 4. The monoisotopic (exact) mass is 250 g/mol. The predicted octanol–water partition coefficient (Wildman–Crippen LogP) is 2.04. The highest BCUT2D eigenvalue weighted by Gasteiger charge is 2.22. The Kier molecular flexibility index (Phi) is 4.40. The number of aromatic nitrogens is 2. The first kappa shape index (κ1) is 13.6. The van der Waals surface area contributed by atoms with Gasteiger partial charge in [-0.1, -0.05) is 0 Å². The van der Waals surface area contributed by atoms with Crippen LogP contribution in [0.5, 0.6) is 0 Å². The summed E-state index contributed by atoms with van der Waals surface area (Å²) in [5.41, 5.74) is 1.29. The first-order valence-corrected chi connectivity index (χ1v) is 7.02. The van der Waals surface area contributed by atoms with E-state index in [9.17, 15) is 0 Å². The van der Waals surface area contributed by atoms with Gasteiger partial charge in [-0.25, -0.2) is 4.98 Å². The minimum atomic E-state index is 0.487. The molecule has 1 fully saturated rings. The van der Waals surface area contributed by atoms with Crippen molar-refractivity contribution in [1.82, 2.24) is 19.8 Å². The van der Waals surface area contributed by atoms with Crippen LogP contribution in [0.4, 0.5) is 0 Å². The van der Waals surface area contributed by atoms with Crippen molar-refractivity contribution in [3.63, 3.8) is 0 Å². The third-order valence-corrected chi connectivity index (χ3v) is 4.08. The fourth-order valence-electron chi connectivity index (χ4n) is 2.66. The van der Waals surface area contributed by atoms with Crippen LogP contribution in [0.2, 0.25) is 0 Å². The van der Waals surface area contributed by atoms with Gasteiger partial charge >= 0.3 is 0 Å². The highest BCUT2D eigenvalue weighted by atomic mass is 15.2. The van der Waals surface area contributed by atoms with E-state index >= 15 is 0 Å². The topological polar surface area (TPSA) is 33.1 Å². The second-order valence-electron chi connectivity index (χ2n) is 5.82. The Bertz CT molecular complexity index is 372. The smallest absolute Gasteiger partial charge is 0.0951 e. The summed E-state index contributed by atoms with van der Waals surface area (Å²) in [6.07, 6.45) is 6.40. The SMILES string of the molecule is CC1CC(NCc2cncn2C(C)C)CCN1C. The molecular formula is C14H26N4. The lowest BCUT2D eigenvalue weighted by atomic mass is 9.99. The van der Waals surface area contributed by atoms with Crippen molar-refractivity contribution in [2.24, 2.45) is 0 Å². The standard InChI is InChI=1S/C14H26N4/c1-11(2)18-10-15-8-14(18)9-16-13-5-6-17(4)12(3)7-13/h8,10-13,16H,5-7,9H2,1-4H3. The van der Waals surface area contributed by atoms with E-state index in [4.69, 9.17) is 0 Å². The molecule has 0 amide bonds. The Morgan fingerprint density at radius 1 is 1.50 bits per heavy atom. The van der Waals surface area contributed by atoms with Crippen molar-refractivity contribution >= 4 is 0 Å². The van der Waals surface area contributed by atoms with Crippen molar-refractivity contribution < 1.29 is 0 Å². The fraction of sp³-hybridized carbons (Fsp3) is 0.786. The molecule has 0 spiro atoms. The van der Waals surface area contributed by atoms with E-state index in [1.165, 1.54) is 25.1 Å². The zero-order chi connectivity index (χ0) is 13.1. The zero-order valence-electron chi connectivity index (χ0n) is 12.1. The van der Waals surface area contributed by atoms with Crippen LogP contribution in [0.3, 0.4) is 0 Å². The summed E-state index contributed by atoms with van der Waals surface area (Å²) in [5.74, 6) is 0. The van der Waals surface area contributed by atoms with E-state index in [1.807, 2.05) is 12.5 Å². The number of nitrogens with one attached hydrogen (secondary N) is 1. The Labute approximate surface area is 110 Å². The number of hydrogen-bond donors (Lipinski definition) is 1. The second-order valence-corrected chi connectivity index (χ2v) is 5.82. The van der Waals surface area contributed by atoms with Gasteiger partial charge in [0.1, 0.15) is 0 Å². The Morgan fingerprint density at radius 3 is 2.94 bits per heavy atom. The van der Waals surface area contributed by atoms with Crippen LogP contribution >= 0.6 is 0 Å². The molecule has 0 aliphatic carbocycles. The van der Waals surface area contributed by atoms with Crippen LogP contribution in [-0.2, 0) is 6.54 Å². The average molecular weight is 250 g/mol. The maximum Gasteiger partial charge on any atom is 0.0951 e. The number of piperidine rings is 1. The molecule has 1 aromatic heterocycles. The van der Waals surface area contributed by atoms with Gasteiger partial charge in [0, 0.05) is 30.9 Å². The molecule has 4 heteroatoms. The average Bonchev–Trinajstić information content (AvgIpc) is 2.79. The molecule has 0 bridgehead atoms. The van der Waals surface area contributed by atoms with Crippen LogP contribution in [0.15, 0.2) is 12.5 Å². The van der Waals surface area contributed by atoms with Gasteiger partial charge in [-0.15, -0.1) is 0 Å². The molecule has 0 saturated carbocycles. The van der Waals surface area contributed by atoms with Crippen molar-refractivity contribution in [1.29, 1.82) is 0 Å². The maximum absolute atomic E-state index is 4.25. The predicted molar refractivity (Wildman–Crippen MR) is 74.6 cm³/mol. The lowest BCUT2D eigenvalue weighted by molar-refractivity contribution is 0.167. The van der Waals surface area contributed by atoms with Gasteiger partial charge in [-0.3, -0.25) is 0 Å².